The Hall–Kier alpha value is -2.46. The van der Waals surface area contributed by atoms with Crippen LogP contribution in [0.25, 0.3) is 0 Å². The summed E-state index contributed by atoms with van der Waals surface area (Å²) < 4.78 is 0. The molecule has 0 atom stereocenters. The van der Waals surface area contributed by atoms with Crippen LogP contribution in [0.4, 0.5) is 0 Å². The van der Waals surface area contributed by atoms with Gasteiger partial charge in [0.2, 0.25) is 0 Å². The second kappa shape index (κ2) is 7.70. The second-order valence-electron chi connectivity index (χ2n) is 5.60. The maximum Gasteiger partial charge on any atom is 0.336 e. The Labute approximate surface area is 135 Å². The van der Waals surface area contributed by atoms with Gasteiger partial charge >= 0.3 is 5.97 Å². The van der Waals surface area contributed by atoms with E-state index in [2.05, 4.69) is 0 Å². The zero-order chi connectivity index (χ0) is 16.8. The van der Waals surface area contributed by atoms with Gasteiger partial charge in [-0.2, -0.15) is 0 Å². The largest absolute Gasteiger partial charge is 0.478 e. The Morgan fingerprint density at radius 1 is 0.957 bits per heavy atom. The molecular formula is C19H20O4. The molecule has 0 heterocycles. The zero-order valence-corrected chi connectivity index (χ0v) is 13.1. The van der Waals surface area contributed by atoms with E-state index in [1.165, 1.54) is 6.07 Å². The highest BCUT2D eigenvalue weighted by Crippen LogP contribution is 2.16. The number of aliphatic hydroxyl groups is 1. The minimum atomic E-state index is -1.09. The van der Waals surface area contributed by atoms with Gasteiger partial charge in [-0.3, -0.25) is 4.79 Å². The number of hydrogen-bond donors (Lipinski definition) is 2. The number of aryl methyl sites for hydroxylation is 2. The van der Waals surface area contributed by atoms with Gasteiger partial charge < -0.3 is 10.2 Å². The van der Waals surface area contributed by atoms with E-state index in [0.29, 0.717) is 6.42 Å². The predicted octanol–water partition coefficient (Wildman–Crippen LogP) is 3.04. The van der Waals surface area contributed by atoms with Crippen molar-refractivity contribution in [3.63, 3.8) is 0 Å². The van der Waals surface area contributed by atoms with Gasteiger partial charge in [0.25, 0.3) is 0 Å². The fourth-order valence-electron chi connectivity index (χ4n) is 2.46. The lowest BCUT2D eigenvalue weighted by Gasteiger charge is -2.07. The highest BCUT2D eigenvalue weighted by Gasteiger charge is 2.16. The molecule has 0 radical (unpaired) electrons. The normalized spacial score (nSPS) is 10.5. The minimum absolute atomic E-state index is 0.0418. The van der Waals surface area contributed by atoms with Crippen molar-refractivity contribution in [1.29, 1.82) is 0 Å². The molecule has 0 aliphatic heterocycles. The Morgan fingerprint density at radius 3 is 2.22 bits per heavy atom. The number of carbonyl (C=O) groups is 2. The van der Waals surface area contributed by atoms with Crippen molar-refractivity contribution in [3.8, 4) is 0 Å². The van der Waals surface area contributed by atoms with E-state index in [1.807, 2.05) is 31.2 Å². The van der Waals surface area contributed by atoms with Crippen LogP contribution in [0, 0.1) is 6.92 Å². The lowest BCUT2D eigenvalue weighted by Crippen LogP contribution is -2.11. The van der Waals surface area contributed by atoms with Crippen LogP contribution in [0.3, 0.4) is 0 Å². The molecule has 23 heavy (non-hydrogen) atoms. The molecule has 0 bridgehead atoms. The number of rotatable bonds is 7. The first-order valence-electron chi connectivity index (χ1n) is 7.57. The summed E-state index contributed by atoms with van der Waals surface area (Å²) in [5.41, 5.74) is 3.11. The number of carbonyl (C=O) groups excluding carboxylic acids is 1. The standard InChI is InChI=1S/C19H20O4/c1-13-4-9-16(19(22)23)17(11-13)18(21)12-15-7-5-14(6-8-15)3-2-10-20/h4-9,11,20H,2-3,10,12H2,1H3,(H,22,23). The third-order valence-electron chi connectivity index (χ3n) is 3.72. The molecule has 2 aromatic rings. The number of aromatic carboxylic acids is 1. The molecule has 0 saturated carbocycles. The van der Waals surface area contributed by atoms with E-state index in [4.69, 9.17) is 5.11 Å². The smallest absolute Gasteiger partial charge is 0.336 e. The van der Waals surface area contributed by atoms with Crippen molar-refractivity contribution >= 4 is 11.8 Å². The molecule has 2 aromatic carbocycles. The number of Topliss-reactive ketones (excluding diaryl/α,β-unsaturated/α-hetero) is 1. The molecule has 0 aromatic heterocycles. The number of aliphatic hydroxyl groups excluding tert-OH is 1. The monoisotopic (exact) mass is 312 g/mol. The van der Waals surface area contributed by atoms with Crippen LogP contribution in [0.5, 0.6) is 0 Å². The highest BCUT2D eigenvalue weighted by molar-refractivity contribution is 6.06. The molecule has 4 heteroatoms. The Balaban J connectivity index is 2.16. The number of carboxylic acids is 1. The lowest BCUT2D eigenvalue weighted by atomic mass is 9.96. The van der Waals surface area contributed by atoms with Crippen molar-refractivity contribution < 1.29 is 19.8 Å². The molecule has 4 nitrogen and oxygen atoms in total. The molecule has 0 aliphatic carbocycles. The van der Waals surface area contributed by atoms with Crippen molar-refractivity contribution in [1.82, 2.24) is 0 Å². The molecule has 2 rings (SSSR count). The maximum atomic E-state index is 12.5. The average molecular weight is 312 g/mol. The van der Waals surface area contributed by atoms with Crippen LogP contribution in [-0.4, -0.2) is 28.6 Å². The molecule has 0 amide bonds. The average Bonchev–Trinajstić information content (AvgIpc) is 2.53. The van der Waals surface area contributed by atoms with E-state index in [9.17, 15) is 14.7 Å². The molecule has 2 N–H and O–H groups in total. The molecule has 0 spiro atoms. The number of benzene rings is 2. The second-order valence-corrected chi connectivity index (χ2v) is 5.60. The summed E-state index contributed by atoms with van der Waals surface area (Å²) in [4.78, 5) is 23.7. The van der Waals surface area contributed by atoms with Crippen LogP contribution in [-0.2, 0) is 12.8 Å². The summed E-state index contributed by atoms with van der Waals surface area (Å²) in [6, 6.07) is 12.4. The molecular weight excluding hydrogens is 292 g/mol. The van der Waals surface area contributed by atoms with Crippen LogP contribution >= 0.6 is 0 Å². The van der Waals surface area contributed by atoms with Crippen molar-refractivity contribution in [3.05, 3.63) is 70.3 Å². The number of carboxylic acid groups (broad SMARTS) is 1. The lowest BCUT2D eigenvalue weighted by molar-refractivity contribution is 0.0692. The van der Waals surface area contributed by atoms with Gasteiger partial charge in [-0.1, -0.05) is 35.9 Å². The van der Waals surface area contributed by atoms with Crippen LogP contribution in [0.15, 0.2) is 42.5 Å². The van der Waals surface area contributed by atoms with Crippen molar-refractivity contribution in [2.75, 3.05) is 6.61 Å². The van der Waals surface area contributed by atoms with Crippen molar-refractivity contribution in [2.24, 2.45) is 0 Å². The molecule has 0 fully saturated rings. The zero-order valence-electron chi connectivity index (χ0n) is 13.1. The van der Waals surface area contributed by atoms with Gasteiger partial charge in [-0.25, -0.2) is 4.79 Å². The Morgan fingerprint density at radius 2 is 1.61 bits per heavy atom. The topological polar surface area (TPSA) is 74.6 Å². The summed E-state index contributed by atoms with van der Waals surface area (Å²) in [6.07, 6.45) is 1.68. The quantitative estimate of drug-likeness (QED) is 0.771. The third kappa shape index (κ3) is 4.50. The van der Waals surface area contributed by atoms with Gasteiger partial charge in [-0.05, 0) is 43.0 Å². The molecule has 0 aliphatic rings. The van der Waals surface area contributed by atoms with E-state index in [0.717, 1.165) is 23.1 Å². The first-order valence-corrected chi connectivity index (χ1v) is 7.57. The molecule has 0 unspecified atom stereocenters. The van der Waals surface area contributed by atoms with Crippen LogP contribution in [0.1, 0.15) is 43.8 Å². The van der Waals surface area contributed by atoms with Gasteiger partial charge in [-0.15, -0.1) is 0 Å². The molecule has 120 valence electrons. The summed E-state index contributed by atoms with van der Waals surface area (Å²) in [6.45, 7) is 1.99. The fourth-order valence-corrected chi connectivity index (χ4v) is 2.46. The first kappa shape index (κ1) is 16.9. The summed E-state index contributed by atoms with van der Waals surface area (Å²) >= 11 is 0. The van der Waals surface area contributed by atoms with Crippen LogP contribution < -0.4 is 0 Å². The van der Waals surface area contributed by atoms with E-state index < -0.39 is 5.97 Å². The maximum absolute atomic E-state index is 12.5. The van der Waals surface area contributed by atoms with Crippen molar-refractivity contribution in [2.45, 2.75) is 26.2 Å². The third-order valence-corrected chi connectivity index (χ3v) is 3.72. The number of hydrogen-bond acceptors (Lipinski definition) is 3. The van der Waals surface area contributed by atoms with E-state index >= 15 is 0 Å². The minimum Gasteiger partial charge on any atom is -0.478 e. The van der Waals surface area contributed by atoms with Crippen LogP contribution in [0.2, 0.25) is 0 Å². The Bertz CT molecular complexity index is 702. The van der Waals surface area contributed by atoms with E-state index in [-0.39, 0.29) is 29.9 Å². The van der Waals surface area contributed by atoms with Gasteiger partial charge in [0, 0.05) is 18.6 Å². The highest BCUT2D eigenvalue weighted by atomic mass is 16.4. The van der Waals surface area contributed by atoms with Gasteiger partial charge in [0.05, 0.1) is 5.56 Å². The number of ketones is 1. The first-order chi connectivity index (χ1) is 11.0. The SMILES string of the molecule is Cc1ccc(C(=O)O)c(C(=O)Cc2ccc(CCCO)cc2)c1. The summed E-state index contributed by atoms with van der Waals surface area (Å²) in [7, 11) is 0. The Kier molecular flexibility index (Phi) is 5.66. The van der Waals surface area contributed by atoms with E-state index in [1.54, 1.807) is 12.1 Å². The summed E-state index contributed by atoms with van der Waals surface area (Å²) in [5, 5.41) is 18.0. The molecule has 0 saturated heterocycles. The summed E-state index contributed by atoms with van der Waals surface area (Å²) in [5.74, 6) is -1.29. The van der Waals surface area contributed by atoms with Gasteiger partial charge in [0.1, 0.15) is 0 Å². The fraction of sp³-hybridized carbons (Fsp3) is 0.263. The van der Waals surface area contributed by atoms with Gasteiger partial charge in [0.15, 0.2) is 5.78 Å². The predicted molar refractivity (Wildman–Crippen MR) is 88.0 cm³/mol.